The maximum atomic E-state index is 13.4. The van der Waals surface area contributed by atoms with Crippen LogP contribution in [0.25, 0.3) is 5.69 Å². The number of allylic oxidation sites excluding steroid dienone is 2. The van der Waals surface area contributed by atoms with Crippen molar-refractivity contribution >= 4 is 29.4 Å². The summed E-state index contributed by atoms with van der Waals surface area (Å²) in [5.41, 5.74) is -1.49. The summed E-state index contributed by atoms with van der Waals surface area (Å²) in [6.45, 7) is 0. The van der Waals surface area contributed by atoms with Crippen molar-refractivity contribution in [3.63, 3.8) is 0 Å². The molecule has 0 radical (unpaired) electrons. The van der Waals surface area contributed by atoms with Gasteiger partial charge in [0.2, 0.25) is 0 Å². The number of pyridine rings is 1. The van der Waals surface area contributed by atoms with Gasteiger partial charge in [-0.05, 0) is 12.1 Å². The molecule has 0 aliphatic heterocycles. The summed E-state index contributed by atoms with van der Waals surface area (Å²) in [5, 5.41) is 16.3. The van der Waals surface area contributed by atoms with E-state index in [0.29, 0.717) is 29.1 Å². The van der Waals surface area contributed by atoms with Gasteiger partial charge in [0, 0.05) is 24.0 Å². The first kappa shape index (κ1) is 24.8. The Kier molecular flexibility index (Phi) is 6.93. The van der Waals surface area contributed by atoms with Crippen LogP contribution in [-0.4, -0.2) is 10.8 Å². The summed E-state index contributed by atoms with van der Waals surface area (Å²) in [4.78, 5) is 15.8. The van der Waals surface area contributed by atoms with Crippen LogP contribution in [0.15, 0.2) is 45.6 Å². The molecule has 0 aliphatic carbocycles. The standard InChI is InChI=1S/C18H7Cl2F6N5O/c19-11-1-9(17(21,22)23)2-12(20)16(11)31-7-8(6-30-14(5-28)13(29)4-27)10(3-15(31)32)18(24,25)26/h1-3,6-7H,29H2. The Bertz CT molecular complexity index is 1260. The quantitative estimate of drug-likeness (QED) is 0.375. The second-order valence-electron chi connectivity index (χ2n) is 5.88. The molecule has 166 valence electrons. The van der Waals surface area contributed by atoms with E-state index in [-0.39, 0.29) is 6.07 Å². The third-order valence-electron chi connectivity index (χ3n) is 3.79. The minimum absolute atomic E-state index is 0.148. The van der Waals surface area contributed by atoms with E-state index in [1.54, 1.807) is 0 Å². The average molecular weight is 494 g/mol. The fraction of sp³-hybridized carbons (Fsp3) is 0.111. The molecular formula is C18H7Cl2F6N5O. The Morgan fingerprint density at radius 3 is 2.03 bits per heavy atom. The monoisotopic (exact) mass is 493 g/mol. The fourth-order valence-corrected chi connectivity index (χ4v) is 3.05. The molecule has 0 bridgehead atoms. The maximum absolute atomic E-state index is 13.4. The van der Waals surface area contributed by atoms with Crippen molar-refractivity contribution in [2.24, 2.45) is 10.7 Å². The van der Waals surface area contributed by atoms with E-state index in [1.807, 2.05) is 0 Å². The van der Waals surface area contributed by atoms with E-state index < -0.39 is 61.7 Å². The predicted molar refractivity (Wildman–Crippen MR) is 102 cm³/mol. The van der Waals surface area contributed by atoms with Gasteiger partial charge in [0.25, 0.3) is 5.56 Å². The largest absolute Gasteiger partial charge is 0.417 e. The third-order valence-corrected chi connectivity index (χ3v) is 4.37. The lowest BCUT2D eigenvalue weighted by molar-refractivity contribution is -0.138. The lowest BCUT2D eigenvalue weighted by Crippen LogP contribution is -2.23. The van der Waals surface area contributed by atoms with Crippen molar-refractivity contribution in [2.75, 3.05) is 0 Å². The van der Waals surface area contributed by atoms with Crippen LogP contribution in [0.4, 0.5) is 26.3 Å². The van der Waals surface area contributed by atoms with Crippen molar-refractivity contribution in [1.82, 2.24) is 4.57 Å². The zero-order valence-electron chi connectivity index (χ0n) is 15.2. The van der Waals surface area contributed by atoms with Gasteiger partial charge in [-0.25, -0.2) is 4.99 Å². The molecule has 0 aliphatic rings. The molecule has 2 rings (SSSR count). The van der Waals surface area contributed by atoms with E-state index in [2.05, 4.69) is 4.99 Å². The first-order chi connectivity index (χ1) is 14.7. The van der Waals surface area contributed by atoms with Gasteiger partial charge in [-0.15, -0.1) is 0 Å². The number of aromatic nitrogens is 1. The molecule has 0 saturated heterocycles. The van der Waals surface area contributed by atoms with Crippen molar-refractivity contribution < 1.29 is 26.3 Å². The Morgan fingerprint density at radius 2 is 1.59 bits per heavy atom. The molecule has 2 aromatic rings. The van der Waals surface area contributed by atoms with Crippen molar-refractivity contribution in [3.05, 3.63) is 72.9 Å². The van der Waals surface area contributed by atoms with Gasteiger partial charge in [0.05, 0.1) is 26.9 Å². The highest BCUT2D eigenvalue weighted by molar-refractivity contribution is 6.37. The average Bonchev–Trinajstić information content (AvgIpc) is 2.67. The Morgan fingerprint density at radius 1 is 1.03 bits per heavy atom. The van der Waals surface area contributed by atoms with E-state index in [0.717, 1.165) is 0 Å². The van der Waals surface area contributed by atoms with Crippen LogP contribution in [0.1, 0.15) is 16.7 Å². The van der Waals surface area contributed by atoms with Crippen molar-refractivity contribution in [1.29, 1.82) is 10.5 Å². The lowest BCUT2D eigenvalue weighted by Gasteiger charge is -2.16. The molecule has 14 heteroatoms. The van der Waals surface area contributed by atoms with E-state index in [4.69, 9.17) is 39.5 Å². The number of nitrogens with two attached hydrogens (primary N) is 1. The normalized spacial score (nSPS) is 12.9. The van der Waals surface area contributed by atoms with Crippen LogP contribution in [0, 0.1) is 22.7 Å². The van der Waals surface area contributed by atoms with Gasteiger partial charge < -0.3 is 5.73 Å². The first-order valence-corrected chi connectivity index (χ1v) is 8.70. The van der Waals surface area contributed by atoms with Gasteiger partial charge in [0.1, 0.15) is 17.8 Å². The Balaban J connectivity index is 2.82. The summed E-state index contributed by atoms with van der Waals surface area (Å²) in [6, 6.07) is 3.85. The highest BCUT2D eigenvalue weighted by Crippen LogP contribution is 2.38. The second-order valence-corrected chi connectivity index (χ2v) is 6.69. The maximum Gasteiger partial charge on any atom is 0.417 e. The molecule has 0 saturated carbocycles. The molecule has 1 heterocycles. The van der Waals surface area contributed by atoms with Crippen molar-refractivity contribution in [3.8, 4) is 17.8 Å². The summed E-state index contributed by atoms with van der Waals surface area (Å²) < 4.78 is 79.4. The van der Waals surface area contributed by atoms with E-state index in [1.165, 1.54) is 12.1 Å². The number of hydrogen-bond donors (Lipinski definition) is 1. The first-order valence-electron chi connectivity index (χ1n) is 7.95. The van der Waals surface area contributed by atoms with Gasteiger partial charge in [-0.2, -0.15) is 36.9 Å². The molecule has 0 atom stereocenters. The van der Waals surface area contributed by atoms with Gasteiger partial charge in [-0.1, -0.05) is 23.2 Å². The minimum atomic E-state index is -5.05. The number of alkyl halides is 6. The molecular weight excluding hydrogens is 487 g/mol. The number of aliphatic imine (C=N–C) groups is 1. The number of halogens is 8. The fourth-order valence-electron chi connectivity index (χ4n) is 2.38. The summed E-state index contributed by atoms with van der Waals surface area (Å²) >= 11 is 11.7. The van der Waals surface area contributed by atoms with Crippen LogP contribution >= 0.6 is 23.2 Å². The molecule has 1 aromatic heterocycles. The number of hydrogen-bond acceptors (Lipinski definition) is 5. The molecule has 6 nitrogen and oxygen atoms in total. The SMILES string of the molecule is N#CC(N)=C(C#N)N=Cc1cn(-c2c(Cl)cc(C(F)(F)F)cc2Cl)c(=O)cc1C(F)(F)F. The van der Waals surface area contributed by atoms with Crippen LogP contribution in [0.3, 0.4) is 0 Å². The molecule has 0 amide bonds. The molecule has 0 fully saturated rings. The predicted octanol–water partition coefficient (Wildman–Crippen LogP) is 4.82. The van der Waals surface area contributed by atoms with Gasteiger partial charge in [-0.3, -0.25) is 9.36 Å². The molecule has 2 N–H and O–H groups in total. The highest BCUT2D eigenvalue weighted by atomic mass is 35.5. The highest BCUT2D eigenvalue weighted by Gasteiger charge is 2.35. The summed E-state index contributed by atoms with van der Waals surface area (Å²) in [5.74, 6) is 0. The zero-order valence-corrected chi connectivity index (χ0v) is 16.7. The van der Waals surface area contributed by atoms with Crippen LogP contribution in [0.5, 0.6) is 0 Å². The summed E-state index contributed by atoms with van der Waals surface area (Å²) in [6.07, 6.45) is -8.79. The Labute approximate surface area is 185 Å². The smallest absolute Gasteiger partial charge is 0.388 e. The topological polar surface area (TPSA) is 108 Å². The van der Waals surface area contributed by atoms with E-state index >= 15 is 0 Å². The van der Waals surface area contributed by atoms with Crippen LogP contribution < -0.4 is 11.3 Å². The zero-order chi connectivity index (χ0) is 24.4. The number of nitrogens with zero attached hydrogens (tertiary/aromatic N) is 4. The molecule has 0 spiro atoms. The Hall–Kier alpha value is -3.48. The number of benzene rings is 1. The van der Waals surface area contributed by atoms with Gasteiger partial charge >= 0.3 is 12.4 Å². The van der Waals surface area contributed by atoms with Crippen LogP contribution in [0.2, 0.25) is 10.0 Å². The third kappa shape index (κ3) is 5.22. The summed E-state index contributed by atoms with van der Waals surface area (Å²) in [7, 11) is 0. The molecule has 1 aromatic carbocycles. The van der Waals surface area contributed by atoms with Crippen molar-refractivity contribution in [2.45, 2.75) is 12.4 Å². The van der Waals surface area contributed by atoms with E-state index in [9.17, 15) is 31.1 Å². The van der Waals surface area contributed by atoms with Gasteiger partial charge in [0.15, 0.2) is 5.70 Å². The molecule has 32 heavy (non-hydrogen) atoms. The molecule has 0 unspecified atom stereocenters. The number of rotatable bonds is 3. The second kappa shape index (κ2) is 8.94. The number of nitriles is 2. The van der Waals surface area contributed by atoms with Crippen LogP contribution in [-0.2, 0) is 12.4 Å². The minimum Gasteiger partial charge on any atom is -0.388 e. The lowest BCUT2D eigenvalue weighted by atomic mass is 10.1.